The lowest BCUT2D eigenvalue weighted by molar-refractivity contribution is 1.26. The van der Waals surface area contributed by atoms with E-state index in [0.29, 0.717) is 0 Å². The molecule has 0 aromatic heterocycles. The van der Waals surface area contributed by atoms with Crippen molar-refractivity contribution in [2.75, 3.05) is 0 Å². The van der Waals surface area contributed by atoms with Gasteiger partial charge in [0.15, 0.2) is 0 Å². The van der Waals surface area contributed by atoms with Gasteiger partial charge in [-0.3, -0.25) is 0 Å². The van der Waals surface area contributed by atoms with Gasteiger partial charge >= 0.3 is 0 Å². The van der Waals surface area contributed by atoms with Gasteiger partial charge in [0.1, 0.15) is 0 Å². The maximum atomic E-state index is 3.70. The van der Waals surface area contributed by atoms with Gasteiger partial charge in [0, 0.05) is 0 Å². The van der Waals surface area contributed by atoms with Crippen LogP contribution >= 0.6 is 0 Å². The molecule has 20 heavy (non-hydrogen) atoms. The number of allylic oxidation sites excluding steroid dienone is 5. The minimum Gasteiger partial charge on any atom is -0.0991 e. The van der Waals surface area contributed by atoms with Crippen LogP contribution in [-0.4, -0.2) is 0 Å². The molecule has 0 fully saturated rings. The van der Waals surface area contributed by atoms with E-state index >= 15 is 0 Å². The second-order valence-electron chi connectivity index (χ2n) is 4.82. The molecular formula is C20H20. The van der Waals surface area contributed by atoms with E-state index in [0.717, 1.165) is 6.42 Å². The van der Waals surface area contributed by atoms with Crippen LogP contribution in [-0.2, 0) is 6.42 Å². The van der Waals surface area contributed by atoms with E-state index in [2.05, 4.69) is 74.2 Å². The summed E-state index contributed by atoms with van der Waals surface area (Å²) in [7, 11) is 0. The molecule has 0 atom stereocenters. The summed E-state index contributed by atoms with van der Waals surface area (Å²) in [4.78, 5) is 0. The largest absolute Gasteiger partial charge is 0.0991 e. The van der Waals surface area contributed by atoms with Crippen LogP contribution in [0.4, 0.5) is 0 Å². The lowest BCUT2D eigenvalue weighted by atomic mass is 10.0. The maximum absolute atomic E-state index is 3.70. The van der Waals surface area contributed by atoms with E-state index in [1.165, 1.54) is 22.3 Å². The average Bonchev–Trinajstić information content (AvgIpc) is 2.49. The van der Waals surface area contributed by atoms with Crippen LogP contribution in [0.5, 0.6) is 0 Å². The Morgan fingerprint density at radius 3 is 2.25 bits per heavy atom. The van der Waals surface area contributed by atoms with Gasteiger partial charge in [-0.1, -0.05) is 91.1 Å². The summed E-state index contributed by atoms with van der Waals surface area (Å²) in [6, 6.07) is 19.2. The third-order valence-corrected chi connectivity index (χ3v) is 3.18. The van der Waals surface area contributed by atoms with Crippen molar-refractivity contribution < 1.29 is 0 Å². The van der Waals surface area contributed by atoms with E-state index in [4.69, 9.17) is 0 Å². The summed E-state index contributed by atoms with van der Waals surface area (Å²) in [5.41, 5.74) is 5.08. The third kappa shape index (κ3) is 4.10. The van der Waals surface area contributed by atoms with Gasteiger partial charge in [0.05, 0.1) is 0 Å². The molecule has 0 aliphatic rings. The Morgan fingerprint density at radius 1 is 0.950 bits per heavy atom. The van der Waals surface area contributed by atoms with Crippen molar-refractivity contribution in [1.82, 2.24) is 0 Å². The normalized spacial score (nSPS) is 11.8. The maximum Gasteiger partial charge on any atom is -0.00942 e. The minimum atomic E-state index is 0.956. The summed E-state index contributed by atoms with van der Waals surface area (Å²) < 4.78 is 0. The molecule has 0 nitrogen and oxygen atoms in total. The zero-order valence-electron chi connectivity index (χ0n) is 11.9. The first-order valence-electron chi connectivity index (χ1n) is 6.90. The van der Waals surface area contributed by atoms with Gasteiger partial charge in [0.25, 0.3) is 0 Å². The smallest absolute Gasteiger partial charge is 0.00942 e. The highest BCUT2D eigenvalue weighted by atomic mass is 14.0. The van der Waals surface area contributed by atoms with Crippen molar-refractivity contribution in [3.8, 4) is 11.1 Å². The van der Waals surface area contributed by atoms with Crippen molar-refractivity contribution in [3.63, 3.8) is 0 Å². The molecule has 2 aromatic carbocycles. The van der Waals surface area contributed by atoms with E-state index in [1.54, 1.807) is 0 Å². The molecule has 0 heterocycles. The highest BCUT2D eigenvalue weighted by Crippen LogP contribution is 2.19. The predicted molar refractivity (Wildman–Crippen MR) is 88.7 cm³/mol. The molecule has 0 heteroatoms. The third-order valence-electron chi connectivity index (χ3n) is 3.18. The Labute approximate surface area is 121 Å². The number of hydrogen-bond donors (Lipinski definition) is 0. The molecule has 2 rings (SSSR count). The van der Waals surface area contributed by atoms with Gasteiger partial charge < -0.3 is 0 Å². The first kappa shape index (κ1) is 14.1. The van der Waals surface area contributed by atoms with Crippen molar-refractivity contribution in [1.29, 1.82) is 0 Å². The molecule has 0 unspecified atom stereocenters. The first-order valence-corrected chi connectivity index (χ1v) is 6.90. The lowest BCUT2D eigenvalue weighted by Gasteiger charge is -2.02. The van der Waals surface area contributed by atoms with Crippen molar-refractivity contribution in [3.05, 3.63) is 96.6 Å². The van der Waals surface area contributed by atoms with Crippen molar-refractivity contribution in [2.45, 2.75) is 13.3 Å². The first-order chi connectivity index (χ1) is 9.79. The summed E-state index contributed by atoms with van der Waals surface area (Å²) in [5, 5.41) is 0. The zero-order chi connectivity index (χ0) is 14.2. The average molecular weight is 260 g/mol. The molecule has 0 aliphatic carbocycles. The van der Waals surface area contributed by atoms with Gasteiger partial charge in [-0.05, 0) is 30.0 Å². The van der Waals surface area contributed by atoms with Crippen LogP contribution in [0.1, 0.15) is 12.5 Å². The number of rotatable bonds is 5. The lowest BCUT2D eigenvalue weighted by Crippen LogP contribution is -1.82. The molecule has 0 aliphatic heterocycles. The molecule has 0 radical (unpaired) electrons. The van der Waals surface area contributed by atoms with Crippen LogP contribution in [0.15, 0.2) is 91.1 Å². The van der Waals surface area contributed by atoms with Crippen LogP contribution in [0.2, 0.25) is 0 Å². The van der Waals surface area contributed by atoms with Gasteiger partial charge in [-0.2, -0.15) is 0 Å². The van der Waals surface area contributed by atoms with E-state index in [-0.39, 0.29) is 0 Å². The SMILES string of the molecule is C=C/C=C(C)\C=C/Cc1ccc(-c2ccccc2)cc1. The predicted octanol–water partition coefficient (Wildman–Crippen LogP) is 5.58. The number of benzene rings is 2. The van der Waals surface area contributed by atoms with Gasteiger partial charge in [-0.15, -0.1) is 0 Å². The summed E-state index contributed by atoms with van der Waals surface area (Å²) >= 11 is 0. The van der Waals surface area contributed by atoms with Crippen LogP contribution in [0.3, 0.4) is 0 Å². The van der Waals surface area contributed by atoms with Crippen molar-refractivity contribution >= 4 is 0 Å². The molecular weight excluding hydrogens is 240 g/mol. The Balaban J connectivity index is 2.02. The van der Waals surface area contributed by atoms with Gasteiger partial charge in [-0.25, -0.2) is 0 Å². The molecule has 0 saturated heterocycles. The number of hydrogen-bond acceptors (Lipinski definition) is 0. The molecule has 0 N–H and O–H groups in total. The quantitative estimate of drug-likeness (QED) is 0.615. The highest BCUT2D eigenvalue weighted by Gasteiger charge is 1.96. The van der Waals surface area contributed by atoms with Crippen LogP contribution < -0.4 is 0 Å². The fourth-order valence-electron chi connectivity index (χ4n) is 2.09. The zero-order valence-corrected chi connectivity index (χ0v) is 11.9. The highest BCUT2D eigenvalue weighted by molar-refractivity contribution is 5.63. The topological polar surface area (TPSA) is 0 Å². The van der Waals surface area contributed by atoms with Gasteiger partial charge in [0.2, 0.25) is 0 Å². The molecule has 2 aromatic rings. The second kappa shape index (κ2) is 7.30. The Kier molecular flexibility index (Phi) is 5.14. The standard InChI is InChI=1S/C20H20/c1-3-8-17(2)9-7-10-18-13-15-20(16-14-18)19-11-5-4-6-12-19/h3-9,11-16H,1,10H2,2H3/b9-7-,17-8-. The Bertz CT molecular complexity index is 598. The Morgan fingerprint density at radius 2 is 1.60 bits per heavy atom. The monoisotopic (exact) mass is 260 g/mol. The van der Waals surface area contributed by atoms with Crippen LogP contribution in [0, 0.1) is 0 Å². The van der Waals surface area contributed by atoms with E-state index in [1.807, 2.05) is 18.2 Å². The molecule has 100 valence electrons. The molecule has 0 spiro atoms. The Hall–Kier alpha value is -2.34. The summed E-state index contributed by atoms with van der Waals surface area (Å²) in [6.07, 6.45) is 9.10. The van der Waals surface area contributed by atoms with E-state index in [9.17, 15) is 0 Å². The van der Waals surface area contributed by atoms with E-state index < -0.39 is 0 Å². The minimum absolute atomic E-state index is 0.956. The summed E-state index contributed by atoms with van der Waals surface area (Å²) in [5.74, 6) is 0. The van der Waals surface area contributed by atoms with Crippen LogP contribution in [0.25, 0.3) is 11.1 Å². The molecule has 0 bridgehead atoms. The molecule has 0 saturated carbocycles. The molecule has 0 amide bonds. The fraction of sp³-hybridized carbons (Fsp3) is 0.100. The summed E-state index contributed by atoms with van der Waals surface area (Å²) in [6.45, 7) is 5.78. The second-order valence-corrected chi connectivity index (χ2v) is 4.82. The van der Waals surface area contributed by atoms with Crippen molar-refractivity contribution in [2.24, 2.45) is 0 Å². The fourth-order valence-corrected chi connectivity index (χ4v) is 2.09.